The van der Waals surface area contributed by atoms with E-state index in [0.29, 0.717) is 17.5 Å². The Morgan fingerprint density at radius 3 is 2.64 bits per heavy atom. The first kappa shape index (κ1) is 10.7. The lowest BCUT2D eigenvalue weighted by atomic mass is 10.0. The monoisotopic (exact) mass is 193 g/mol. The average Bonchev–Trinajstić information content (AvgIpc) is 2.16. The topological polar surface area (TPSA) is 44.0 Å². The number of hydrogen-bond acceptors (Lipinski definition) is 2. The smallest absolute Gasteiger partial charge is 0.141 e. The van der Waals surface area contributed by atoms with Crippen molar-refractivity contribution in [3.63, 3.8) is 0 Å². The zero-order chi connectivity index (χ0) is 10.7. The SMILES string of the molecule is CCC(O)c1cc(C)c(C#N)c(F)c1. The van der Waals surface area contributed by atoms with Gasteiger partial charge in [-0.2, -0.15) is 5.26 Å². The third-order valence-corrected chi connectivity index (χ3v) is 2.19. The fourth-order valence-corrected chi connectivity index (χ4v) is 1.34. The lowest BCUT2D eigenvalue weighted by Gasteiger charge is -2.10. The van der Waals surface area contributed by atoms with E-state index in [4.69, 9.17) is 5.26 Å². The summed E-state index contributed by atoms with van der Waals surface area (Å²) in [5.74, 6) is -0.560. The number of aliphatic hydroxyl groups excluding tert-OH is 1. The van der Waals surface area contributed by atoms with Crippen LogP contribution in [-0.2, 0) is 0 Å². The lowest BCUT2D eigenvalue weighted by molar-refractivity contribution is 0.173. The summed E-state index contributed by atoms with van der Waals surface area (Å²) in [5.41, 5.74) is 1.15. The van der Waals surface area contributed by atoms with Crippen LogP contribution in [0.15, 0.2) is 12.1 Å². The minimum absolute atomic E-state index is 0.0528. The molecule has 1 unspecified atom stereocenters. The van der Waals surface area contributed by atoms with E-state index in [1.165, 1.54) is 6.07 Å². The van der Waals surface area contributed by atoms with Crippen LogP contribution >= 0.6 is 0 Å². The van der Waals surface area contributed by atoms with Crippen LogP contribution in [0.1, 0.15) is 36.1 Å². The van der Waals surface area contributed by atoms with E-state index < -0.39 is 11.9 Å². The molecule has 74 valence electrons. The number of nitrogens with zero attached hydrogens (tertiary/aromatic N) is 1. The van der Waals surface area contributed by atoms with Crippen LogP contribution in [0.25, 0.3) is 0 Å². The molecule has 0 aliphatic carbocycles. The number of nitriles is 1. The molecule has 0 fully saturated rings. The molecule has 2 nitrogen and oxygen atoms in total. The van der Waals surface area contributed by atoms with Crippen molar-refractivity contribution in [1.82, 2.24) is 0 Å². The summed E-state index contributed by atoms with van der Waals surface area (Å²) >= 11 is 0. The summed E-state index contributed by atoms with van der Waals surface area (Å²) in [6.45, 7) is 3.48. The van der Waals surface area contributed by atoms with Gasteiger partial charge in [0.05, 0.1) is 11.7 Å². The summed E-state index contributed by atoms with van der Waals surface area (Å²) in [6.07, 6.45) is -0.124. The van der Waals surface area contributed by atoms with Gasteiger partial charge < -0.3 is 5.11 Å². The summed E-state index contributed by atoms with van der Waals surface area (Å²) < 4.78 is 13.3. The highest BCUT2D eigenvalue weighted by molar-refractivity contribution is 5.41. The van der Waals surface area contributed by atoms with Crippen molar-refractivity contribution in [3.05, 3.63) is 34.6 Å². The van der Waals surface area contributed by atoms with Crippen molar-refractivity contribution in [1.29, 1.82) is 5.26 Å². The van der Waals surface area contributed by atoms with E-state index in [2.05, 4.69) is 0 Å². The van der Waals surface area contributed by atoms with Gasteiger partial charge in [-0.15, -0.1) is 0 Å². The van der Waals surface area contributed by atoms with E-state index in [1.807, 2.05) is 6.92 Å². The summed E-state index contributed by atoms with van der Waals surface area (Å²) in [6, 6.07) is 4.66. The molecule has 0 aromatic heterocycles. The predicted octanol–water partition coefficient (Wildman–Crippen LogP) is 2.45. The first-order valence-corrected chi connectivity index (χ1v) is 4.48. The number of halogens is 1. The normalized spacial score (nSPS) is 12.2. The van der Waals surface area contributed by atoms with Crippen molar-refractivity contribution in [2.45, 2.75) is 26.4 Å². The van der Waals surface area contributed by atoms with Crippen molar-refractivity contribution < 1.29 is 9.50 Å². The Kier molecular flexibility index (Phi) is 3.21. The molecule has 1 aromatic rings. The molecule has 0 aliphatic heterocycles. The number of benzene rings is 1. The molecule has 1 aromatic carbocycles. The van der Waals surface area contributed by atoms with Gasteiger partial charge in [0, 0.05) is 0 Å². The minimum Gasteiger partial charge on any atom is -0.388 e. The molecule has 0 heterocycles. The van der Waals surface area contributed by atoms with E-state index in [9.17, 15) is 9.50 Å². The molecular formula is C11H12FNO. The standard InChI is InChI=1S/C11H12FNO/c1-3-11(14)8-4-7(2)9(6-13)10(12)5-8/h4-5,11,14H,3H2,1-2H3. The Morgan fingerprint density at radius 1 is 1.57 bits per heavy atom. The number of hydrogen-bond donors (Lipinski definition) is 1. The van der Waals surface area contributed by atoms with Crippen molar-refractivity contribution >= 4 is 0 Å². The number of aliphatic hydroxyl groups is 1. The van der Waals surface area contributed by atoms with Gasteiger partial charge in [0.2, 0.25) is 0 Å². The fraction of sp³-hybridized carbons (Fsp3) is 0.364. The third kappa shape index (κ3) is 1.91. The molecule has 0 saturated heterocycles. The van der Waals surface area contributed by atoms with Crippen LogP contribution in [0.2, 0.25) is 0 Å². The molecule has 0 amide bonds. The fourth-order valence-electron chi connectivity index (χ4n) is 1.34. The van der Waals surface area contributed by atoms with Crippen molar-refractivity contribution in [2.75, 3.05) is 0 Å². The number of rotatable bonds is 2. The minimum atomic E-state index is -0.657. The Labute approximate surface area is 82.6 Å². The van der Waals surface area contributed by atoms with Gasteiger partial charge in [-0.05, 0) is 30.5 Å². The number of aryl methyl sites for hydroxylation is 1. The highest BCUT2D eigenvalue weighted by Gasteiger charge is 2.11. The molecular weight excluding hydrogens is 181 g/mol. The first-order chi connectivity index (χ1) is 6.60. The molecule has 14 heavy (non-hydrogen) atoms. The zero-order valence-electron chi connectivity index (χ0n) is 8.21. The maximum atomic E-state index is 13.3. The highest BCUT2D eigenvalue weighted by Crippen LogP contribution is 2.21. The zero-order valence-corrected chi connectivity index (χ0v) is 8.21. The summed E-state index contributed by atoms with van der Waals surface area (Å²) in [5, 5.41) is 18.1. The molecule has 0 spiro atoms. The maximum absolute atomic E-state index is 13.3. The summed E-state index contributed by atoms with van der Waals surface area (Å²) in [4.78, 5) is 0. The second kappa shape index (κ2) is 4.21. The lowest BCUT2D eigenvalue weighted by Crippen LogP contribution is -1.99. The van der Waals surface area contributed by atoms with Crippen molar-refractivity contribution in [2.24, 2.45) is 0 Å². The Hall–Kier alpha value is -1.40. The predicted molar refractivity (Wildman–Crippen MR) is 51.1 cm³/mol. The molecule has 0 aliphatic rings. The quantitative estimate of drug-likeness (QED) is 0.784. The Morgan fingerprint density at radius 2 is 2.21 bits per heavy atom. The van der Waals surface area contributed by atoms with Gasteiger partial charge in [-0.1, -0.05) is 13.0 Å². The van der Waals surface area contributed by atoms with Crippen LogP contribution in [-0.4, -0.2) is 5.11 Å². The van der Waals surface area contributed by atoms with Crippen LogP contribution in [0.5, 0.6) is 0 Å². The van der Waals surface area contributed by atoms with Gasteiger partial charge >= 0.3 is 0 Å². The first-order valence-electron chi connectivity index (χ1n) is 4.48. The largest absolute Gasteiger partial charge is 0.388 e. The van der Waals surface area contributed by atoms with Gasteiger partial charge in [0.25, 0.3) is 0 Å². The third-order valence-electron chi connectivity index (χ3n) is 2.19. The highest BCUT2D eigenvalue weighted by atomic mass is 19.1. The van der Waals surface area contributed by atoms with Gasteiger partial charge in [-0.3, -0.25) is 0 Å². The van der Waals surface area contributed by atoms with Gasteiger partial charge in [0.15, 0.2) is 0 Å². The van der Waals surface area contributed by atoms with Crippen LogP contribution in [0, 0.1) is 24.1 Å². The molecule has 0 saturated carbocycles. The second-order valence-corrected chi connectivity index (χ2v) is 3.23. The van der Waals surface area contributed by atoms with Gasteiger partial charge in [0.1, 0.15) is 11.9 Å². The Balaban J connectivity index is 3.22. The molecule has 0 radical (unpaired) electrons. The average molecular weight is 193 g/mol. The Bertz CT molecular complexity index is 358. The molecule has 1 N–H and O–H groups in total. The molecule has 1 atom stereocenters. The maximum Gasteiger partial charge on any atom is 0.141 e. The van der Waals surface area contributed by atoms with Crippen LogP contribution in [0.4, 0.5) is 4.39 Å². The van der Waals surface area contributed by atoms with E-state index >= 15 is 0 Å². The summed E-state index contributed by atoms with van der Waals surface area (Å²) in [7, 11) is 0. The van der Waals surface area contributed by atoms with E-state index in [0.717, 1.165) is 0 Å². The van der Waals surface area contributed by atoms with Crippen LogP contribution < -0.4 is 0 Å². The molecule has 1 rings (SSSR count). The molecule has 0 bridgehead atoms. The molecule has 3 heteroatoms. The van der Waals surface area contributed by atoms with Gasteiger partial charge in [-0.25, -0.2) is 4.39 Å². The van der Waals surface area contributed by atoms with Crippen LogP contribution in [0.3, 0.4) is 0 Å². The second-order valence-electron chi connectivity index (χ2n) is 3.23. The van der Waals surface area contributed by atoms with E-state index in [-0.39, 0.29) is 5.56 Å². The van der Waals surface area contributed by atoms with Crippen molar-refractivity contribution in [3.8, 4) is 6.07 Å². The van der Waals surface area contributed by atoms with E-state index in [1.54, 1.807) is 19.1 Å².